The maximum absolute atomic E-state index is 11.7. The first-order chi connectivity index (χ1) is 6.64. The average Bonchev–Trinajstić information content (AvgIpc) is 2.20. The van der Waals surface area contributed by atoms with E-state index in [1.807, 2.05) is 0 Å². The third kappa shape index (κ3) is 2.15. The van der Waals surface area contributed by atoms with E-state index in [0.717, 1.165) is 0 Å². The monoisotopic (exact) mass is 198 g/mol. The molecule has 0 aromatic rings. The van der Waals surface area contributed by atoms with E-state index < -0.39 is 5.41 Å². The summed E-state index contributed by atoms with van der Waals surface area (Å²) in [7, 11) is 0. The van der Waals surface area contributed by atoms with Crippen LogP contribution in [0.4, 0.5) is 0 Å². The van der Waals surface area contributed by atoms with Gasteiger partial charge in [-0.05, 0) is 32.6 Å². The fraction of sp³-hybridized carbons (Fsp3) is 0.727. The van der Waals surface area contributed by atoms with Crippen molar-refractivity contribution in [2.75, 3.05) is 6.61 Å². The first kappa shape index (κ1) is 11.2. The van der Waals surface area contributed by atoms with Crippen molar-refractivity contribution in [2.45, 2.75) is 38.7 Å². The van der Waals surface area contributed by atoms with Gasteiger partial charge in [-0.1, -0.05) is 6.08 Å². The first-order valence-electron chi connectivity index (χ1n) is 5.13. The fourth-order valence-electron chi connectivity index (χ4n) is 1.88. The Hall–Kier alpha value is -0.830. The molecule has 0 heterocycles. The third-order valence-electron chi connectivity index (χ3n) is 2.92. The quantitative estimate of drug-likeness (QED) is 0.554. The standard InChI is InChI=1S/C11H18O3/c1-3-11(10(13)14-4-2)7-5-9(12)6-8-11/h3,9,12H,1,4-8H2,2H3/t9-,11-. The van der Waals surface area contributed by atoms with Gasteiger partial charge in [0.15, 0.2) is 0 Å². The highest BCUT2D eigenvalue weighted by Gasteiger charge is 2.40. The minimum Gasteiger partial charge on any atom is -0.465 e. The summed E-state index contributed by atoms with van der Waals surface area (Å²) in [4.78, 5) is 11.7. The van der Waals surface area contributed by atoms with Crippen LogP contribution in [0.15, 0.2) is 12.7 Å². The number of hydrogen-bond acceptors (Lipinski definition) is 3. The van der Waals surface area contributed by atoms with Gasteiger partial charge >= 0.3 is 5.97 Å². The molecular weight excluding hydrogens is 180 g/mol. The van der Waals surface area contributed by atoms with Gasteiger partial charge in [-0.3, -0.25) is 4.79 Å². The minimum absolute atomic E-state index is 0.193. The van der Waals surface area contributed by atoms with Crippen LogP contribution in [0.3, 0.4) is 0 Å². The van der Waals surface area contributed by atoms with Gasteiger partial charge in [0.05, 0.1) is 18.1 Å². The van der Waals surface area contributed by atoms with E-state index in [-0.39, 0.29) is 12.1 Å². The lowest BCUT2D eigenvalue weighted by Gasteiger charge is -2.33. The number of rotatable bonds is 3. The van der Waals surface area contributed by atoms with E-state index in [9.17, 15) is 9.90 Å². The van der Waals surface area contributed by atoms with Crippen LogP contribution in [0.1, 0.15) is 32.6 Å². The van der Waals surface area contributed by atoms with Crippen molar-refractivity contribution in [1.82, 2.24) is 0 Å². The lowest BCUT2D eigenvalue weighted by molar-refractivity contribution is -0.155. The molecular formula is C11H18O3. The molecule has 0 aromatic carbocycles. The Bertz CT molecular complexity index is 215. The predicted octanol–water partition coefficient (Wildman–Crippen LogP) is 1.66. The molecule has 0 saturated heterocycles. The number of carbonyl (C=O) groups is 1. The van der Waals surface area contributed by atoms with E-state index in [4.69, 9.17) is 4.74 Å². The zero-order valence-electron chi connectivity index (χ0n) is 8.66. The molecule has 0 bridgehead atoms. The van der Waals surface area contributed by atoms with Gasteiger partial charge in [0.2, 0.25) is 0 Å². The number of carbonyl (C=O) groups excluding carboxylic acids is 1. The van der Waals surface area contributed by atoms with Crippen LogP contribution in [0.2, 0.25) is 0 Å². The number of hydrogen-bond donors (Lipinski definition) is 1. The maximum atomic E-state index is 11.7. The van der Waals surface area contributed by atoms with E-state index in [2.05, 4.69) is 6.58 Å². The fourth-order valence-corrected chi connectivity index (χ4v) is 1.88. The SMILES string of the molecule is C=C[C@]1(C(=O)OCC)CC[C@H](O)CC1. The van der Waals surface area contributed by atoms with Crippen LogP contribution in [0.25, 0.3) is 0 Å². The van der Waals surface area contributed by atoms with E-state index in [0.29, 0.717) is 32.3 Å². The van der Waals surface area contributed by atoms with E-state index in [1.165, 1.54) is 0 Å². The molecule has 0 atom stereocenters. The zero-order valence-corrected chi connectivity index (χ0v) is 8.66. The average molecular weight is 198 g/mol. The lowest BCUT2D eigenvalue weighted by Crippen LogP contribution is -2.36. The molecule has 1 rings (SSSR count). The second-order valence-electron chi connectivity index (χ2n) is 3.81. The van der Waals surface area contributed by atoms with Crippen LogP contribution in [-0.2, 0) is 9.53 Å². The molecule has 0 amide bonds. The summed E-state index contributed by atoms with van der Waals surface area (Å²) in [6.45, 7) is 5.90. The Morgan fingerprint density at radius 1 is 1.64 bits per heavy atom. The smallest absolute Gasteiger partial charge is 0.315 e. The molecule has 0 aromatic heterocycles. The highest BCUT2D eigenvalue weighted by molar-refractivity contribution is 5.79. The molecule has 0 spiro atoms. The summed E-state index contributed by atoms with van der Waals surface area (Å²) in [6.07, 6.45) is 4.03. The van der Waals surface area contributed by atoms with Crippen LogP contribution in [-0.4, -0.2) is 23.8 Å². The normalized spacial score (nSPS) is 32.3. The first-order valence-corrected chi connectivity index (χ1v) is 5.13. The molecule has 14 heavy (non-hydrogen) atoms. The van der Waals surface area contributed by atoms with Gasteiger partial charge in [-0.25, -0.2) is 0 Å². The Morgan fingerprint density at radius 3 is 2.64 bits per heavy atom. The molecule has 0 aliphatic heterocycles. The molecule has 1 aliphatic carbocycles. The van der Waals surface area contributed by atoms with Gasteiger partial charge < -0.3 is 9.84 Å². The summed E-state index contributed by atoms with van der Waals surface area (Å²) in [5, 5.41) is 9.36. The van der Waals surface area contributed by atoms with Crippen molar-refractivity contribution in [3.8, 4) is 0 Å². The highest BCUT2D eigenvalue weighted by Crippen LogP contribution is 2.38. The second-order valence-corrected chi connectivity index (χ2v) is 3.81. The van der Waals surface area contributed by atoms with Crippen molar-refractivity contribution in [2.24, 2.45) is 5.41 Å². The molecule has 1 saturated carbocycles. The summed E-state index contributed by atoms with van der Waals surface area (Å²) in [6, 6.07) is 0. The Kier molecular flexibility index (Phi) is 3.69. The second kappa shape index (κ2) is 4.60. The van der Waals surface area contributed by atoms with Gasteiger partial charge in [-0.15, -0.1) is 6.58 Å². The van der Waals surface area contributed by atoms with Crippen molar-refractivity contribution in [3.63, 3.8) is 0 Å². The number of aliphatic hydroxyl groups is 1. The number of aliphatic hydroxyl groups excluding tert-OH is 1. The summed E-state index contributed by atoms with van der Waals surface area (Å²) >= 11 is 0. The van der Waals surface area contributed by atoms with Crippen molar-refractivity contribution in [3.05, 3.63) is 12.7 Å². The van der Waals surface area contributed by atoms with E-state index in [1.54, 1.807) is 13.0 Å². The van der Waals surface area contributed by atoms with Crippen molar-refractivity contribution < 1.29 is 14.6 Å². The summed E-state index contributed by atoms with van der Waals surface area (Å²) in [5.41, 5.74) is -0.546. The molecule has 80 valence electrons. The molecule has 0 unspecified atom stereocenters. The third-order valence-corrected chi connectivity index (χ3v) is 2.92. The van der Waals surface area contributed by atoms with Gasteiger partial charge in [0.1, 0.15) is 0 Å². The molecule has 0 radical (unpaired) electrons. The molecule has 3 nitrogen and oxygen atoms in total. The summed E-state index contributed by atoms with van der Waals surface area (Å²) < 4.78 is 5.02. The zero-order chi connectivity index (χ0) is 10.6. The Morgan fingerprint density at radius 2 is 2.21 bits per heavy atom. The molecule has 1 fully saturated rings. The molecule has 1 aliphatic rings. The van der Waals surface area contributed by atoms with Crippen LogP contribution >= 0.6 is 0 Å². The molecule has 1 N–H and O–H groups in total. The van der Waals surface area contributed by atoms with Gasteiger partial charge in [-0.2, -0.15) is 0 Å². The van der Waals surface area contributed by atoms with Gasteiger partial charge in [0.25, 0.3) is 0 Å². The minimum atomic E-state index is -0.546. The number of esters is 1. The van der Waals surface area contributed by atoms with E-state index >= 15 is 0 Å². The van der Waals surface area contributed by atoms with Crippen LogP contribution in [0.5, 0.6) is 0 Å². The maximum Gasteiger partial charge on any atom is 0.315 e. The largest absolute Gasteiger partial charge is 0.465 e. The summed E-state index contributed by atoms with van der Waals surface area (Å²) in [5.74, 6) is -0.193. The lowest BCUT2D eigenvalue weighted by atomic mass is 9.73. The topological polar surface area (TPSA) is 46.5 Å². The Balaban J connectivity index is 2.67. The number of ether oxygens (including phenoxy) is 1. The van der Waals surface area contributed by atoms with Crippen molar-refractivity contribution in [1.29, 1.82) is 0 Å². The van der Waals surface area contributed by atoms with Gasteiger partial charge in [0, 0.05) is 0 Å². The highest BCUT2D eigenvalue weighted by atomic mass is 16.5. The van der Waals surface area contributed by atoms with Crippen LogP contribution in [0, 0.1) is 5.41 Å². The van der Waals surface area contributed by atoms with Crippen LogP contribution < -0.4 is 0 Å². The molecule has 3 heteroatoms. The van der Waals surface area contributed by atoms with Crippen molar-refractivity contribution >= 4 is 5.97 Å². The Labute approximate surface area is 84.8 Å². The predicted molar refractivity (Wildman–Crippen MR) is 53.7 cm³/mol.